The fraction of sp³-hybridized carbons (Fsp3) is 0.625. The Labute approximate surface area is 135 Å². The van der Waals surface area contributed by atoms with Gasteiger partial charge in [0.15, 0.2) is 0 Å². The minimum absolute atomic E-state index is 0.103. The van der Waals surface area contributed by atoms with E-state index >= 15 is 0 Å². The Kier molecular flexibility index (Phi) is 5.76. The molecular weight excluding hydrogens is 338 g/mol. The highest BCUT2D eigenvalue weighted by Gasteiger charge is 2.33. The van der Waals surface area contributed by atoms with E-state index < -0.39 is 0 Å². The van der Waals surface area contributed by atoms with E-state index in [-0.39, 0.29) is 5.54 Å². The van der Waals surface area contributed by atoms with Crippen LogP contribution in [0.15, 0.2) is 22.7 Å². The lowest BCUT2D eigenvalue weighted by atomic mass is 9.77. The second-order valence-electron chi connectivity index (χ2n) is 5.94. The van der Waals surface area contributed by atoms with Crippen molar-refractivity contribution < 1.29 is 4.74 Å². The van der Waals surface area contributed by atoms with Crippen molar-refractivity contribution in [3.8, 4) is 5.75 Å². The zero-order valence-corrected chi connectivity index (χ0v) is 14.6. The van der Waals surface area contributed by atoms with Crippen molar-refractivity contribution >= 4 is 27.5 Å². The Bertz CT molecular complexity index is 454. The Morgan fingerprint density at radius 2 is 2.30 bits per heavy atom. The number of nitrogens with one attached hydrogen (secondary N) is 1. The predicted octanol–water partition coefficient (Wildman–Crippen LogP) is 4.74. The fourth-order valence-electron chi connectivity index (χ4n) is 3.10. The molecule has 0 aromatic heterocycles. The van der Waals surface area contributed by atoms with Gasteiger partial charge in [-0.2, -0.15) is 0 Å². The van der Waals surface area contributed by atoms with E-state index in [2.05, 4.69) is 40.3 Å². The first-order valence-corrected chi connectivity index (χ1v) is 8.55. The number of hydrogen-bond donors (Lipinski definition) is 1. The first kappa shape index (κ1) is 16.1. The Hall–Kier alpha value is -0.250. The zero-order valence-electron chi connectivity index (χ0n) is 12.2. The molecule has 1 aromatic rings. The molecule has 2 rings (SSSR count). The number of ether oxygens (including phenoxy) is 1. The van der Waals surface area contributed by atoms with Gasteiger partial charge in [0.25, 0.3) is 0 Å². The molecule has 1 N–H and O–H groups in total. The number of benzene rings is 1. The highest BCUT2D eigenvalue weighted by molar-refractivity contribution is 9.10. The molecular formula is C16H23BrClNO. The van der Waals surface area contributed by atoms with Gasteiger partial charge < -0.3 is 10.1 Å². The van der Waals surface area contributed by atoms with Gasteiger partial charge in [0.05, 0.1) is 11.6 Å². The summed E-state index contributed by atoms with van der Waals surface area (Å²) in [7, 11) is 1.68. The smallest absolute Gasteiger partial charge is 0.133 e. The number of hydrogen-bond acceptors (Lipinski definition) is 2. The van der Waals surface area contributed by atoms with Gasteiger partial charge >= 0.3 is 0 Å². The topological polar surface area (TPSA) is 21.3 Å². The summed E-state index contributed by atoms with van der Waals surface area (Å²) in [4.78, 5) is 0. The van der Waals surface area contributed by atoms with Crippen molar-refractivity contribution in [3.63, 3.8) is 0 Å². The van der Waals surface area contributed by atoms with Crippen molar-refractivity contribution in [2.45, 2.75) is 44.7 Å². The molecule has 0 amide bonds. The summed E-state index contributed by atoms with van der Waals surface area (Å²) in [6.45, 7) is 3.17. The number of rotatable bonds is 5. The highest BCUT2D eigenvalue weighted by atomic mass is 79.9. The maximum atomic E-state index is 6.26. The summed E-state index contributed by atoms with van der Waals surface area (Å²) < 4.78 is 6.26. The summed E-state index contributed by atoms with van der Waals surface area (Å²) in [5, 5.41) is 3.70. The molecule has 20 heavy (non-hydrogen) atoms. The molecule has 2 unspecified atom stereocenters. The van der Waals surface area contributed by atoms with E-state index in [0.717, 1.165) is 22.7 Å². The summed E-state index contributed by atoms with van der Waals surface area (Å²) in [5.74, 6) is 2.32. The standard InChI is InChI=1S/C16H23BrClNO/c1-12-4-3-7-16(9-12,11-18)19-10-13-5-6-15(20-2)14(17)8-13/h5-6,8,12,19H,3-4,7,9-11H2,1-2H3. The van der Waals surface area contributed by atoms with Crippen LogP contribution in [0.2, 0.25) is 0 Å². The second-order valence-corrected chi connectivity index (χ2v) is 7.06. The van der Waals surface area contributed by atoms with Crippen LogP contribution in [0, 0.1) is 5.92 Å². The van der Waals surface area contributed by atoms with Crippen LogP contribution in [0.4, 0.5) is 0 Å². The molecule has 1 aliphatic carbocycles. The van der Waals surface area contributed by atoms with Gasteiger partial charge in [-0.05, 0) is 52.4 Å². The number of alkyl halides is 1. The van der Waals surface area contributed by atoms with Gasteiger partial charge in [-0.25, -0.2) is 0 Å². The van der Waals surface area contributed by atoms with Crippen molar-refractivity contribution in [3.05, 3.63) is 28.2 Å². The van der Waals surface area contributed by atoms with Crippen molar-refractivity contribution in [1.82, 2.24) is 5.32 Å². The van der Waals surface area contributed by atoms with Crippen molar-refractivity contribution in [2.75, 3.05) is 13.0 Å². The lowest BCUT2D eigenvalue weighted by Gasteiger charge is -2.39. The SMILES string of the molecule is COc1ccc(CNC2(CCl)CCCC(C)C2)cc1Br. The van der Waals surface area contributed by atoms with Gasteiger partial charge in [-0.3, -0.25) is 0 Å². The van der Waals surface area contributed by atoms with Crippen LogP contribution < -0.4 is 10.1 Å². The molecule has 0 aliphatic heterocycles. The maximum absolute atomic E-state index is 6.26. The molecule has 2 atom stereocenters. The van der Waals surface area contributed by atoms with Gasteiger partial charge in [0.2, 0.25) is 0 Å². The molecule has 1 aliphatic rings. The van der Waals surface area contributed by atoms with Crippen LogP contribution in [0.3, 0.4) is 0 Å². The first-order chi connectivity index (χ1) is 9.58. The maximum Gasteiger partial charge on any atom is 0.133 e. The van der Waals surface area contributed by atoms with Gasteiger partial charge in [-0.1, -0.05) is 25.8 Å². The van der Waals surface area contributed by atoms with Crippen LogP contribution >= 0.6 is 27.5 Å². The molecule has 0 spiro atoms. The molecule has 0 saturated heterocycles. The van der Waals surface area contributed by atoms with E-state index in [1.165, 1.54) is 31.2 Å². The monoisotopic (exact) mass is 359 g/mol. The molecule has 2 nitrogen and oxygen atoms in total. The quantitative estimate of drug-likeness (QED) is 0.766. The van der Waals surface area contributed by atoms with Gasteiger partial charge in [0.1, 0.15) is 5.75 Å². The van der Waals surface area contributed by atoms with E-state index in [9.17, 15) is 0 Å². The minimum atomic E-state index is 0.103. The average molecular weight is 361 g/mol. The average Bonchev–Trinajstić information content (AvgIpc) is 2.45. The summed E-state index contributed by atoms with van der Waals surface area (Å²) in [6, 6.07) is 6.21. The molecule has 0 heterocycles. The minimum Gasteiger partial charge on any atom is -0.496 e. The van der Waals surface area contributed by atoms with Crippen LogP contribution in [0.1, 0.15) is 38.2 Å². The normalized spacial score (nSPS) is 26.5. The Balaban J connectivity index is 2.01. The van der Waals surface area contributed by atoms with E-state index in [1.54, 1.807) is 7.11 Å². The summed E-state index contributed by atoms with van der Waals surface area (Å²) in [5.41, 5.74) is 1.35. The molecule has 1 fully saturated rings. The van der Waals surface area contributed by atoms with Crippen LogP contribution in [-0.2, 0) is 6.54 Å². The largest absolute Gasteiger partial charge is 0.496 e. The molecule has 1 aromatic carbocycles. The highest BCUT2D eigenvalue weighted by Crippen LogP contribution is 2.33. The van der Waals surface area contributed by atoms with Crippen LogP contribution in [0.5, 0.6) is 5.75 Å². The summed E-state index contributed by atoms with van der Waals surface area (Å²) in [6.07, 6.45) is 4.95. The van der Waals surface area contributed by atoms with Gasteiger partial charge in [-0.15, -0.1) is 11.6 Å². The van der Waals surface area contributed by atoms with E-state index in [4.69, 9.17) is 16.3 Å². The molecule has 112 valence electrons. The summed E-state index contributed by atoms with van der Waals surface area (Å²) >= 11 is 9.79. The van der Waals surface area contributed by atoms with Crippen LogP contribution in [-0.4, -0.2) is 18.5 Å². The van der Waals surface area contributed by atoms with Crippen molar-refractivity contribution in [2.24, 2.45) is 5.92 Å². The lowest BCUT2D eigenvalue weighted by molar-refractivity contribution is 0.207. The lowest BCUT2D eigenvalue weighted by Crippen LogP contribution is -2.49. The predicted molar refractivity (Wildman–Crippen MR) is 88.6 cm³/mol. The molecule has 0 bridgehead atoms. The van der Waals surface area contributed by atoms with Crippen LogP contribution in [0.25, 0.3) is 0 Å². The number of methoxy groups -OCH3 is 1. The van der Waals surface area contributed by atoms with Crippen molar-refractivity contribution in [1.29, 1.82) is 0 Å². The third-order valence-corrected chi connectivity index (χ3v) is 5.36. The Morgan fingerprint density at radius 1 is 1.50 bits per heavy atom. The second kappa shape index (κ2) is 7.15. The molecule has 1 saturated carbocycles. The Morgan fingerprint density at radius 3 is 2.90 bits per heavy atom. The van der Waals surface area contributed by atoms with E-state index in [0.29, 0.717) is 5.88 Å². The molecule has 0 radical (unpaired) electrons. The van der Waals surface area contributed by atoms with E-state index in [1.807, 2.05) is 6.07 Å². The third-order valence-electron chi connectivity index (χ3n) is 4.23. The zero-order chi connectivity index (χ0) is 14.6. The third kappa shape index (κ3) is 3.90. The van der Waals surface area contributed by atoms with Gasteiger partial charge in [0, 0.05) is 18.0 Å². The fourth-order valence-corrected chi connectivity index (χ4v) is 4.02. The molecule has 4 heteroatoms. The number of halogens is 2. The first-order valence-electron chi connectivity index (χ1n) is 7.22.